The molecule has 2 rings (SSSR count). The predicted molar refractivity (Wildman–Crippen MR) is 85.7 cm³/mol. The summed E-state index contributed by atoms with van der Waals surface area (Å²) in [5, 5.41) is 1.00. The maximum Gasteiger partial charge on any atom is 0.249 e. The maximum atomic E-state index is 12.3. The van der Waals surface area contributed by atoms with E-state index in [1.54, 1.807) is 25.4 Å². The smallest absolute Gasteiger partial charge is 0.249 e. The van der Waals surface area contributed by atoms with E-state index >= 15 is 0 Å². The van der Waals surface area contributed by atoms with E-state index in [-0.39, 0.29) is 11.8 Å². The number of rotatable bonds is 4. The van der Waals surface area contributed by atoms with Gasteiger partial charge in [-0.05, 0) is 19.1 Å². The third kappa shape index (κ3) is 3.71. The molecule has 1 fully saturated rings. The number of aryl methyl sites for hydroxylation is 1. The van der Waals surface area contributed by atoms with Crippen LogP contribution in [0.5, 0.6) is 0 Å². The Kier molecular flexibility index (Phi) is 4.80. The summed E-state index contributed by atoms with van der Waals surface area (Å²) in [6, 6.07) is 4.01. The number of carbonyl (C=O) groups excluding carboxylic acids is 2. The average molecular weight is 307 g/mol. The van der Waals surface area contributed by atoms with Crippen LogP contribution in [0.15, 0.2) is 24.3 Å². The van der Waals surface area contributed by atoms with Gasteiger partial charge in [0.05, 0.1) is 11.5 Å². The molecule has 0 aromatic carbocycles. The van der Waals surface area contributed by atoms with Crippen LogP contribution in [0.4, 0.5) is 5.00 Å². The van der Waals surface area contributed by atoms with Crippen LogP contribution in [0, 0.1) is 6.92 Å². The fourth-order valence-electron chi connectivity index (χ4n) is 2.31. The first-order valence-electron chi connectivity index (χ1n) is 6.87. The lowest BCUT2D eigenvalue weighted by Gasteiger charge is -2.33. The topological polar surface area (TPSA) is 43.9 Å². The Labute approximate surface area is 129 Å². The van der Waals surface area contributed by atoms with E-state index in [0.29, 0.717) is 25.2 Å². The number of carbonyl (C=O) groups is 2. The third-order valence-electron chi connectivity index (χ3n) is 3.42. The molecule has 2 heterocycles. The van der Waals surface area contributed by atoms with Crippen molar-refractivity contribution in [3.63, 3.8) is 0 Å². The quantitative estimate of drug-likeness (QED) is 0.789. The van der Waals surface area contributed by atoms with Crippen LogP contribution < -0.4 is 4.90 Å². The van der Waals surface area contributed by atoms with Crippen molar-refractivity contribution in [2.75, 3.05) is 45.2 Å². The molecule has 0 unspecified atom stereocenters. The molecule has 1 aromatic heterocycles. The molecule has 0 saturated carbocycles. The van der Waals surface area contributed by atoms with Crippen LogP contribution in [0.25, 0.3) is 0 Å². The molecule has 1 aromatic rings. The Morgan fingerprint density at radius 3 is 2.62 bits per heavy atom. The molecule has 0 N–H and O–H groups in total. The SMILES string of the molecule is C=C(CN1CCN(c2ccc(C)s2)C(=O)C1)C(=O)N(C)C. The predicted octanol–water partition coefficient (Wildman–Crippen LogP) is 1.35. The summed E-state index contributed by atoms with van der Waals surface area (Å²) < 4.78 is 0. The van der Waals surface area contributed by atoms with Gasteiger partial charge in [-0.15, -0.1) is 11.3 Å². The van der Waals surface area contributed by atoms with Gasteiger partial charge in [-0.3, -0.25) is 14.5 Å². The molecule has 6 heteroatoms. The summed E-state index contributed by atoms with van der Waals surface area (Å²) in [5.74, 6) is -0.00744. The summed E-state index contributed by atoms with van der Waals surface area (Å²) in [7, 11) is 3.41. The first-order valence-corrected chi connectivity index (χ1v) is 7.68. The minimum Gasteiger partial charge on any atom is -0.345 e. The van der Waals surface area contributed by atoms with E-state index in [9.17, 15) is 9.59 Å². The minimum atomic E-state index is -0.0845. The summed E-state index contributed by atoms with van der Waals surface area (Å²) >= 11 is 1.63. The van der Waals surface area contributed by atoms with Crippen molar-refractivity contribution in [1.29, 1.82) is 0 Å². The Balaban J connectivity index is 1.93. The van der Waals surface area contributed by atoms with Crippen molar-refractivity contribution in [2.24, 2.45) is 0 Å². The first kappa shape index (κ1) is 15.7. The van der Waals surface area contributed by atoms with E-state index in [2.05, 4.69) is 6.58 Å². The van der Waals surface area contributed by atoms with Gasteiger partial charge in [0.1, 0.15) is 0 Å². The lowest BCUT2D eigenvalue weighted by molar-refractivity contribution is -0.126. The minimum absolute atomic E-state index is 0.0770. The van der Waals surface area contributed by atoms with Crippen molar-refractivity contribution in [2.45, 2.75) is 6.92 Å². The van der Waals surface area contributed by atoms with Crippen LogP contribution in [0.2, 0.25) is 0 Å². The zero-order chi connectivity index (χ0) is 15.6. The number of nitrogens with zero attached hydrogens (tertiary/aromatic N) is 3. The molecule has 21 heavy (non-hydrogen) atoms. The van der Waals surface area contributed by atoms with E-state index in [0.717, 1.165) is 11.5 Å². The van der Waals surface area contributed by atoms with Crippen molar-refractivity contribution in [3.05, 3.63) is 29.2 Å². The zero-order valence-corrected chi connectivity index (χ0v) is 13.6. The average Bonchev–Trinajstić information content (AvgIpc) is 2.84. The van der Waals surface area contributed by atoms with Crippen LogP contribution >= 0.6 is 11.3 Å². The molecule has 0 radical (unpaired) electrons. The van der Waals surface area contributed by atoms with Gasteiger partial charge in [0.2, 0.25) is 11.8 Å². The monoisotopic (exact) mass is 307 g/mol. The van der Waals surface area contributed by atoms with Crippen molar-refractivity contribution < 1.29 is 9.59 Å². The molecule has 1 aliphatic heterocycles. The normalized spacial score (nSPS) is 16.1. The number of anilines is 1. The second-order valence-corrected chi connectivity index (χ2v) is 6.71. The molecule has 0 bridgehead atoms. The standard InChI is InChI=1S/C15H21N3O2S/c1-11(15(20)16(3)4)9-17-7-8-18(13(19)10-17)14-6-5-12(2)21-14/h5-6H,1,7-10H2,2-4H3. The molecule has 0 spiro atoms. The first-order chi connectivity index (χ1) is 9.88. The van der Waals surface area contributed by atoms with Crippen LogP contribution in [0.3, 0.4) is 0 Å². The van der Waals surface area contributed by atoms with Crippen molar-refractivity contribution in [1.82, 2.24) is 9.80 Å². The molecule has 0 aliphatic carbocycles. The second kappa shape index (κ2) is 6.41. The summed E-state index contributed by atoms with van der Waals surface area (Å²) in [4.78, 5) is 30.6. The zero-order valence-electron chi connectivity index (χ0n) is 12.8. The molecular weight excluding hydrogens is 286 g/mol. The van der Waals surface area contributed by atoms with Gasteiger partial charge in [0.15, 0.2) is 0 Å². The van der Waals surface area contributed by atoms with Crippen molar-refractivity contribution in [3.8, 4) is 0 Å². The molecule has 114 valence electrons. The second-order valence-electron chi connectivity index (χ2n) is 5.44. The number of thiophene rings is 1. The Hall–Kier alpha value is -1.66. The maximum absolute atomic E-state index is 12.3. The highest BCUT2D eigenvalue weighted by Crippen LogP contribution is 2.26. The molecule has 0 atom stereocenters. The van der Waals surface area contributed by atoms with Gasteiger partial charge in [0.25, 0.3) is 0 Å². The fraction of sp³-hybridized carbons (Fsp3) is 0.467. The lowest BCUT2D eigenvalue weighted by atomic mass is 10.2. The third-order valence-corrected chi connectivity index (χ3v) is 4.44. The van der Waals surface area contributed by atoms with E-state index in [4.69, 9.17) is 0 Å². The van der Waals surface area contributed by atoms with Gasteiger partial charge in [-0.1, -0.05) is 6.58 Å². The molecule has 2 amide bonds. The van der Waals surface area contributed by atoms with Crippen molar-refractivity contribution >= 4 is 28.2 Å². The fourth-order valence-corrected chi connectivity index (χ4v) is 3.22. The number of likely N-dealkylation sites (N-methyl/N-ethyl adjacent to an activating group) is 1. The Morgan fingerprint density at radius 2 is 2.10 bits per heavy atom. The molecule has 1 saturated heterocycles. The van der Waals surface area contributed by atoms with Gasteiger partial charge in [-0.25, -0.2) is 0 Å². The number of hydrogen-bond donors (Lipinski definition) is 0. The van der Waals surface area contributed by atoms with Crippen LogP contribution in [-0.4, -0.2) is 61.9 Å². The van der Waals surface area contributed by atoms with Gasteiger partial charge >= 0.3 is 0 Å². The Bertz CT molecular complexity index is 565. The van der Waals surface area contributed by atoms with E-state index < -0.39 is 0 Å². The summed E-state index contributed by atoms with van der Waals surface area (Å²) in [6.45, 7) is 8.04. The summed E-state index contributed by atoms with van der Waals surface area (Å²) in [5.41, 5.74) is 0.521. The summed E-state index contributed by atoms with van der Waals surface area (Å²) in [6.07, 6.45) is 0. The lowest BCUT2D eigenvalue weighted by Crippen LogP contribution is -2.51. The van der Waals surface area contributed by atoms with Gasteiger partial charge < -0.3 is 9.80 Å². The Morgan fingerprint density at radius 1 is 1.38 bits per heavy atom. The van der Waals surface area contributed by atoms with Crippen LogP contribution in [0.1, 0.15) is 4.88 Å². The van der Waals surface area contributed by atoms with E-state index in [1.807, 2.05) is 28.9 Å². The largest absolute Gasteiger partial charge is 0.345 e. The highest BCUT2D eigenvalue weighted by molar-refractivity contribution is 7.16. The number of hydrogen-bond acceptors (Lipinski definition) is 4. The van der Waals surface area contributed by atoms with Gasteiger partial charge in [0, 0.05) is 44.2 Å². The highest BCUT2D eigenvalue weighted by atomic mass is 32.1. The van der Waals surface area contributed by atoms with E-state index in [1.165, 1.54) is 9.78 Å². The van der Waals surface area contributed by atoms with Gasteiger partial charge in [-0.2, -0.15) is 0 Å². The number of amides is 2. The van der Waals surface area contributed by atoms with Crippen LogP contribution in [-0.2, 0) is 9.59 Å². The molecule has 1 aliphatic rings. The molecule has 5 nitrogen and oxygen atoms in total. The molecular formula is C15H21N3O2S. The highest BCUT2D eigenvalue weighted by Gasteiger charge is 2.27. The number of piperazine rings is 1.